The molecule has 3 aromatic rings. The van der Waals surface area contributed by atoms with Gasteiger partial charge in [0.25, 0.3) is 0 Å². The topological polar surface area (TPSA) is 38.9 Å². The van der Waals surface area contributed by atoms with Crippen LogP contribution in [-0.2, 0) is 0 Å². The Bertz CT molecular complexity index is 835. The lowest BCUT2D eigenvalue weighted by Crippen LogP contribution is -1.89. The van der Waals surface area contributed by atoms with Crippen LogP contribution in [0.15, 0.2) is 51.8 Å². The van der Waals surface area contributed by atoms with Crippen LogP contribution in [0.2, 0.25) is 10.0 Å². The van der Waals surface area contributed by atoms with Gasteiger partial charge in [-0.25, -0.2) is 0 Å². The molecule has 0 aliphatic carbocycles. The number of thioether (sulfide) groups is 1. The second kappa shape index (κ2) is 6.95. The molecule has 0 saturated heterocycles. The fourth-order valence-corrected chi connectivity index (χ4v) is 3.54. The highest BCUT2D eigenvalue weighted by Crippen LogP contribution is 2.39. The quantitative estimate of drug-likeness (QED) is 0.516. The van der Waals surface area contributed by atoms with E-state index in [4.69, 9.17) is 27.6 Å². The van der Waals surface area contributed by atoms with Gasteiger partial charge in [0.2, 0.25) is 11.8 Å². The molecule has 0 aliphatic heterocycles. The highest BCUT2D eigenvalue weighted by Gasteiger charge is 2.17. The summed E-state index contributed by atoms with van der Waals surface area (Å²) in [6.07, 6.45) is 0. The third kappa shape index (κ3) is 3.89. The molecule has 1 atom stereocenters. The first kappa shape index (κ1) is 16.4. The number of aryl methyl sites for hydroxylation is 1. The van der Waals surface area contributed by atoms with Crippen molar-refractivity contribution < 1.29 is 4.42 Å². The first-order valence-electron chi connectivity index (χ1n) is 7.05. The highest BCUT2D eigenvalue weighted by atomic mass is 35.5. The average molecular weight is 365 g/mol. The van der Waals surface area contributed by atoms with Crippen molar-refractivity contribution >= 4 is 35.0 Å². The molecule has 0 amide bonds. The standard InChI is InChI=1S/C17H14Cl2N2OS/c1-10-4-3-5-12(8-10)17-21-20-16(22-17)11(2)23-15-9-13(18)6-7-14(15)19/h3-9,11H,1-2H3. The summed E-state index contributed by atoms with van der Waals surface area (Å²) >= 11 is 13.8. The predicted molar refractivity (Wildman–Crippen MR) is 95.2 cm³/mol. The normalized spacial score (nSPS) is 12.3. The monoisotopic (exact) mass is 364 g/mol. The third-order valence-electron chi connectivity index (χ3n) is 3.25. The van der Waals surface area contributed by atoms with Crippen molar-refractivity contribution in [1.82, 2.24) is 10.2 Å². The molecule has 1 heterocycles. The summed E-state index contributed by atoms with van der Waals surface area (Å²) in [5.74, 6) is 1.08. The summed E-state index contributed by atoms with van der Waals surface area (Å²) in [4.78, 5) is 0.891. The summed E-state index contributed by atoms with van der Waals surface area (Å²) in [7, 11) is 0. The van der Waals surface area contributed by atoms with E-state index in [9.17, 15) is 0 Å². The van der Waals surface area contributed by atoms with Gasteiger partial charge in [-0.2, -0.15) is 0 Å². The van der Waals surface area contributed by atoms with Crippen LogP contribution in [0.5, 0.6) is 0 Å². The molecule has 0 spiro atoms. The van der Waals surface area contributed by atoms with Crippen molar-refractivity contribution in [3.8, 4) is 11.5 Å². The highest BCUT2D eigenvalue weighted by molar-refractivity contribution is 7.99. The Morgan fingerprint density at radius 2 is 1.91 bits per heavy atom. The summed E-state index contributed by atoms with van der Waals surface area (Å²) in [5.41, 5.74) is 2.07. The minimum atomic E-state index is -0.0305. The lowest BCUT2D eigenvalue weighted by Gasteiger charge is -2.08. The molecule has 3 nitrogen and oxygen atoms in total. The Morgan fingerprint density at radius 1 is 1.09 bits per heavy atom. The molecule has 3 rings (SSSR count). The third-order valence-corrected chi connectivity index (χ3v) is 5.07. The number of aromatic nitrogens is 2. The van der Waals surface area contributed by atoms with Crippen LogP contribution in [0.4, 0.5) is 0 Å². The van der Waals surface area contributed by atoms with E-state index in [1.807, 2.05) is 44.2 Å². The summed E-state index contributed by atoms with van der Waals surface area (Å²) in [6.45, 7) is 4.02. The second-order valence-electron chi connectivity index (χ2n) is 5.15. The molecule has 23 heavy (non-hydrogen) atoms. The van der Waals surface area contributed by atoms with Crippen molar-refractivity contribution in [1.29, 1.82) is 0 Å². The number of benzene rings is 2. The SMILES string of the molecule is Cc1cccc(-c2nnc(C(C)Sc3cc(Cl)ccc3Cl)o2)c1. The lowest BCUT2D eigenvalue weighted by molar-refractivity contribution is 0.509. The van der Waals surface area contributed by atoms with Crippen LogP contribution in [0.3, 0.4) is 0 Å². The van der Waals surface area contributed by atoms with E-state index in [0.29, 0.717) is 21.8 Å². The van der Waals surface area contributed by atoms with Crippen molar-refractivity contribution in [2.75, 3.05) is 0 Å². The van der Waals surface area contributed by atoms with Gasteiger partial charge in [0, 0.05) is 15.5 Å². The maximum absolute atomic E-state index is 6.20. The van der Waals surface area contributed by atoms with Crippen LogP contribution in [0.25, 0.3) is 11.5 Å². The van der Waals surface area contributed by atoms with Gasteiger partial charge in [-0.15, -0.1) is 22.0 Å². The first-order valence-corrected chi connectivity index (χ1v) is 8.68. The van der Waals surface area contributed by atoms with Gasteiger partial charge in [-0.3, -0.25) is 0 Å². The van der Waals surface area contributed by atoms with Gasteiger partial charge in [0.1, 0.15) is 0 Å². The van der Waals surface area contributed by atoms with Crippen molar-refractivity contribution in [2.24, 2.45) is 0 Å². The molecule has 0 N–H and O–H groups in total. The van der Waals surface area contributed by atoms with Gasteiger partial charge in [0.15, 0.2) is 0 Å². The Labute approximate surface area is 149 Å². The number of hydrogen-bond acceptors (Lipinski definition) is 4. The van der Waals surface area contributed by atoms with Gasteiger partial charge in [0.05, 0.1) is 10.3 Å². The minimum absolute atomic E-state index is 0.0305. The smallest absolute Gasteiger partial charge is 0.247 e. The average Bonchev–Trinajstić information content (AvgIpc) is 3.01. The number of hydrogen-bond donors (Lipinski definition) is 0. The second-order valence-corrected chi connectivity index (χ2v) is 7.38. The summed E-state index contributed by atoms with van der Waals surface area (Å²) in [5, 5.41) is 9.57. The molecule has 0 radical (unpaired) electrons. The molecule has 118 valence electrons. The molecule has 0 saturated carbocycles. The Morgan fingerprint density at radius 3 is 2.70 bits per heavy atom. The Hall–Kier alpha value is -1.49. The van der Waals surface area contributed by atoms with Crippen molar-refractivity contribution in [2.45, 2.75) is 24.0 Å². The van der Waals surface area contributed by atoms with Crippen LogP contribution in [-0.4, -0.2) is 10.2 Å². The van der Waals surface area contributed by atoms with Gasteiger partial charge in [-0.1, -0.05) is 40.9 Å². The van der Waals surface area contributed by atoms with E-state index in [1.54, 1.807) is 12.1 Å². The molecule has 6 heteroatoms. The van der Waals surface area contributed by atoms with E-state index < -0.39 is 0 Å². The predicted octanol–water partition coefficient (Wildman–Crippen LogP) is 6.21. The number of halogens is 2. The van der Waals surface area contributed by atoms with E-state index in [0.717, 1.165) is 16.0 Å². The van der Waals surface area contributed by atoms with E-state index in [-0.39, 0.29) is 5.25 Å². The summed E-state index contributed by atoms with van der Waals surface area (Å²) < 4.78 is 5.81. The number of rotatable bonds is 4. The van der Waals surface area contributed by atoms with Crippen LogP contribution < -0.4 is 0 Å². The molecule has 0 aliphatic rings. The Balaban J connectivity index is 1.81. The van der Waals surface area contributed by atoms with Crippen LogP contribution in [0, 0.1) is 6.92 Å². The maximum Gasteiger partial charge on any atom is 0.247 e. The zero-order valence-electron chi connectivity index (χ0n) is 12.6. The van der Waals surface area contributed by atoms with Crippen LogP contribution in [0.1, 0.15) is 23.6 Å². The maximum atomic E-state index is 6.20. The zero-order chi connectivity index (χ0) is 16.4. The van der Waals surface area contributed by atoms with Crippen molar-refractivity contribution in [3.63, 3.8) is 0 Å². The van der Waals surface area contributed by atoms with Gasteiger partial charge < -0.3 is 4.42 Å². The lowest BCUT2D eigenvalue weighted by atomic mass is 10.1. The molecule has 1 aromatic heterocycles. The largest absolute Gasteiger partial charge is 0.419 e. The van der Waals surface area contributed by atoms with E-state index in [1.165, 1.54) is 11.8 Å². The molecule has 0 bridgehead atoms. The fraction of sp³-hybridized carbons (Fsp3) is 0.176. The van der Waals surface area contributed by atoms with E-state index >= 15 is 0 Å². The number of nitrogens with zero attached hydrogens (tertiary/aromatic N) is 2. The summed E-state index contributed by atoms with van der Waals surface area (Å²) in [6, 6.07) is 13.4. The molecule has 2 aromatic carbocycles. The van der Waals surface area contributed by atoms with Gasteiger partial charge >= 0.3 is 0 Å². The van der Waals surface area contributed by atoms with Crippen LogP contribution >= 0.6 is 35.0 Å². The zero-order valence-corrected chi connectivity index (χ0v) is 14.9. The molecular formula is C17H14Cl2N2OS. The fourth-order valence-electron chi connectivity index (χ4n) is 2.10. The first-order chi connectivity index (χ1) is 11.0. The molecule has 0 fully saturated rings. The Kier molecular flexibility index (Phi) is 4.95. The van der Waals surface area contributed by atoms with E-state index in [2.05, 4.69) is 10.2 Å². The van der Waals surface area contributed by atoms with Gasteiger partial charge in [-0.05, 0) is 44.2 Å². The molecule has 1 unspecified atom stereocenters. The van der Waals surface area contributed by atoms with Crippen molar-refractivity contribution in [3.05, 3.63) is 64.0 Å². The molecular weight excluding hydrogens is 351 g/mol. The minimum Gasteiger partial charge on any atom is -0.419 e.